The number of hydrogen-bond acceptors (Lipinski definition) is 3. The largest absolute Gasteiger partial charge is 0.288 e. The number of halogens is 1. The SMILES string of the molecule is Cc1cnc2c(c1)C(=O)C(Cl)=CC2=O. The number of fused-ring (bicyclic) bond motifs is 1. The molecule has 0 atom stereocenters. The maximum Gasteiger partial charge on any atom is 0.206 e. The second-order valence-corrected chi connectivity index (χ2v) is 3.50. The first-order valence-corrected chi connectivity index (χ1v) is 4.40. The van der Waals surface area contributed by atoms with Crippen LogP contribution >= 0.6 is 11.6 Å². The summed E-state index contributed by atoms with van der Waals surface area (Å²) in [6.07, 6.45) is 2.66. The first-order chi connectivity index (χ1) is 6.59. The number of carbonyl (C=O) groups excluding carboxylic acids is 2. The molecule has 1 aliphatic rings. The molecular weight excluding hydrogens is 202 g/mol. The second kappa shape index (κ2) is 3.03. The van der Waals surface area contributed by atoms with Gasteiger partial charge in [0.15, 0.2) is 0 Å². The maximum absolute atomic E-state index is 11.5. The van der Waals surface area contributed by atoms with E-state index in [0.29, 0.717) is 5.56 Å². The average molecular weight is 208 g/mol. The number of hydrogen-bond donors (Lipinski definition) is 0. The molecule has 14 heavy (non-hydrogen) atoms. The Bertz CT molecular complexity index is 477. The topological polar surface area (TPSA) is 47.0 Å². The van der Waals surface area contributed by atoms with Crippen molar-refractivity contribution in [2.45, 2.75) is 6.92 Å². The molecule has 0 saturated heterocycles. The van der Waals surface area contributed by atoms with Crippen molar-refractivity contribution in [2.24, 2.45) is 0 Å². The van der Waals surface area contributed by atoms with Crippen LogP contribution in [0, 0.1) is 6.92 Å². The van der Waals surface area contributed by atoms with E-state index < -0.39 is 0 Å². The molecule has 1 aliphatic carbocycles. The molecular formula is C10H6ClNO2. The van der Waals surface area contributed by atoms with Crippen LogP contribution in [0.4, 0.5) is 0 Å². The number of aryl methyl sites for hydroxylation is 1. The molecule has 1 aromatic heterocycles. The van der Waals surface area contributed by atoms with E-state index >= 15 is 0 Å². The lowest BCUT2D eigenvalue weighted by Gasteiger charge is -2.10. The van der Waals surface area contributed by atoms with Crippen molar-refractivity contribution in [3.63, 3.8) is 0 Å². The van der Waals surface area contributed by atoms with Gasteiger partial charge in [-0.1, -0.05) is 11.6 Å². The monoisotopic (exact) mass is 207 g/mol. The molecule has 0 saturated carbocycles. The van der Waals surface area contributed by atoms with Crippen molar-refractivity contribution >= 4 is 23.2 Å². The maximum atomic E-state index is 11.5. The summed E-state index contributed by atoms with van der Waals surface area (Å²) in [5.41, 5.74) is 1.31. The molecule has 0 aliphatic heterocycles. The normalized spacial score (nSPS) is 15.1. The van der Waals surface area contributed by atoms with Gasteiger partial charge in [0, 0.05) is 12.3 Å². The molecule has 0 bridgehead atoms. The van der Waals surface area contributed by atoms with Crippen molar-refractivity contribution < 1.29 is 9.59 Å². The number of Topliss-reactive ketones (excluding diaryl/α,β-unsaturated/α-hetero) is 1. The van der Waals surface area contributed by atoms with E-state index in [-0.39, 0.29) is 22.3 Å². The van der Waals surface area contributed by atoms with Crippen LogP contribution in [0.2, 0.25) is 0 Å². The smallest absolute Gasteiger partial charge is 0.206 e. The fourth-order valence-electron chi connectivity index (χ4n) is 1.32. The predicted octanol–water partition coefficient (Wildman–Crippen LogP) is 1.89. The number of carbonyl (C=O) groups is 2. The minimum Gasteiger partial charge on any atom is -0.288 e. The summed E-state index contributed by atoms with van der Waals surface area (Å²) in [6, 6.07) is 1.62. The third-order valence-corrected chi connectivity index (χ3v) is 2.26. The first-order valence-electron chi connectivity index (χ1n) is 4.02. The van der Waals surface area contributed by atoms with Gasteiger partial charge in [-0.25, -0.2) is 0 Å². The highest BCUT2D eigenvalue weighted by Crippen LogP contribution is 2.22. The highest BCUT2D eigenvalue weighted by Gasteiger charge is 2.25. The molecule has 1 aromatic rings. The molecule has 3 nitrogen and oxygen atoms in total. The van der Waals surface area contributed by atoms with Crippen LogP contribution in [0.25, 0.3) is 0 Å². The predicted molar refractivity (Wildman–Crippen MR) is 51.6 cm³/mol. The summed E-state index contributed by atoms with van der Waals surface area (Å²) >= 11 is 5.60. The fraction of sp³-hybridized carbons (Fsp3) is 0.100. The number of nitrogens with zero attached hydrogens (tertiary/aromatic N) is 1. The van der Waals surface area contributed by atoms with Crippen molar-refractivity contribution in [1.82, 2.24) is 4.98 Å². The lowest BCUT2D eigenvalue weighted by Crippen LogP contribution is -2.16. The van der Waals surface area contributed by atoms with Gasteiger partial charge >= 0.3 is 0 Å². The summed E-state index contributed by atoms with van der Waals surface area (Å²) in [7, 11) is 0. The lowest BCUT2D eigenvalue weighted by atomic mass is 9.99. The summed E-state index contributed by atoms with van der Waals surface area (Å²) in [5, 5.41) is -0.0464. The Hall–Kier alpha value is -1.48. The third-order valence-electron chi connectivity index (χ3n) is 1.98. The minimum atomic E-state index is -0.336. The summed E-state index contributed by atoms with van der Waals surface area (Å²) in [4.78, 5) is 26.8. The molecule has 0 N–H and O–H groups in total. The molecule has 2 rings (SSSR count). The number of pyridine rings is 1. The summed E-state index contributed by atoms with van der Waals surface area (Å²) in [5.74, 6) is -0.651. The van der Waals surface area contributed by atoms with Crippen LogP contribution in [0.1, 0.15) is 26.4 Å². The molecule has 0 spiro atoms. The molecule has 0 unspecified atom stereocenters. The highest BCUT2D eigenvalue weighted by atomic mass is 35.5. The molecule has 0 radical (unpaired) electrons. The quantitative estimate of drug-likeness (QED) is 0.653. The van der Waals surface area contributed by atoms with E-state index in [4.69, 9.17) is 11.6 Å². The third kappa shape index (κ3) is 1.26. The van der Waals surface area contributed by atoms with Gasteiger partial charge in [-0.05, 0) is 18.6 Å². The van der Waals surface area contributed by atoms with Gasteiger partial charge in [0.25, 0.3) is 0 Å². The van der Waals surface area contributed by atoms with Crippen molar-refractivity contribution in [2.75, 3.05) is 0 Å². The van der Waals surface area contributed by atoms with Crippen molar-refractivity contribution in [3.8, 4) is 0 Å². The molecule has 4 heteroatoms. The standard InChI is InChI=1S/C10H6ClNO2/c1-5-2-6-9(12-4-5)8(13)3-7(11)10(6)14/h2-4H,1H3. The van der Waals surface area contributed by atoms with E-state index in [1.807, 2.05) is 0 Å². The second-order valence-electron chi connectivity index (χ2n) is 3.09. The Morgan fingerprint density at radius 3 is 2.79 bits per heavy atom. The van der Waals surface area contributed by atoms with Crippen LogP contribution < -0.4 is 0 Å². The van der Waals surface area contributed by atoms with Gasteiger partial charge in [-0.2, -0.15) is 0 Å². The van der Waals surface area contributed by atoms with E-state index in [9.17, 15) is 9.59 Å². The number of rotatable bonds is 0. The van der Waals surface area contributed by atoms with E-state index in [2.05, 4.69) is 4.98 Å². The number of allylic oxidation sites excluding steroid dienone is 2. The van der Waals surface area contributed by atoms with Gasteiger partial charge in [0.1, 0.15) is 5.69 Å². The van der Waals surface area contributed by atoms with Gasteiger partial charge in [-0.15, -0.1) is 0 Å². The fourth-order valence-corrected chi connectivity index (χ4v) is 1.52. The van der Waals surface area contributed by atoms with E-state index in [0.717, 1.165) is 11.6 Å². The number of aromatic nitrogens is 1. The molecule has 0 amide bonds. The molecule has 70 valence electrons. The Labute approximate surface area is 85.4 Å². The van der Waals surface area contributed by atoms with Crippen LogP contribution in [0.15, 0.2) is 23.4 Å². The highest BCUT2D eigenvalue weighted by molar-refractivity contribution is 6.48. The number of ketones is 2. The summed E-state index contributed by atoms with van der Waals surface area (Å²) < 4.78 is 0. The zero-order chi connectivity index (χ0) is 10.3. The van der Waals surface area contributed by atoms with Crippen LogP contribution in [-0.2, 0) is 0 Å². The molecule has 0 aromatic carbocycles. The van der Waals surface area contributed by atoms with Gasteiger partial charge in [0.2, 0.25) is 11.6 Å². The van der Waals surface area contributed by atoms with Gasteiger partial charge in [-0.3, -0.25) is 14.6 Å². The van der Waals surface area contributed by atoms with Crippen molar-refractivity contribution in [3.05, 3.63) is 40.2 Å². The van der Waals surface area contributed by atoms with Crippen LogP contribution in [0.5, 0.6) is 0 Å². The Morgan fingerprint density at radius 1 is 1.36 bits per heavy atom. The van der Waals surface area contributed by atoms with Crippen LogP contribution in [-0.4, -0.2) is 16.6 Å². The minimum absolute atomic E-state index is 0.0464. The lowest BCUT2D eigenvalue weighted by molar-refractivity contribution is 0.0987. The van der Waals surface area contributed by atoms with E-state index in [1.54, 1.807) is 19.2 Å². The first kappa shape index (κ1) is 9.09. The van der Waals surface area contributed by atoms with Gasteiger partial charge < -0.3 is 0 Å². The zero-order valence-corrected chi connectivity index (χ0v) is 8.13. The zero-order valence-electron chi connectivity index (χ0n) is 7.37. The van der Waals surface area contributed by atoms with Crippen molar-refractivity contribution in [1.29, 1.82) is 0 Å². The van der Waals surface area contributed by atoms with E-state index in [1.165, 1.54) is 0 Å². The Kier molecular flexibility index (Phi) is 1.97. The molecule has 1 heterocycles. The molecule has 0 fully saturated rings. The van der Waals surface area contributed by atoms with Crippen LogP contribution in [0.3, 0.4) is 0 Å². The Balaban J connectivity index is 2.69. The summed E-state index contributed by atoms with van der Waals surface area (Å²) in [6.45, 7) is 1.80. The van der Waals surface area contributed by atoms with Gasteiger partial charge in [0.05, 0.1) is 10.6 Å². The Morgan fingerprint density at radius 2 is 2.07 bits per heavy atom. The average Bonchev–Trinajstić information content (AvgIpc) is 2.14.